The van der Waals surface area contributed by atoms with Crippen molar-refractivity contribution in [2.24, 2.45) is 0 Å². The summed E-state index contributed by atoms with van der Waals surface area (Å²) in [5.41, 5.74) is 0. The Morgan fingerprint density at radius 1 is 1.41 bits per heavy atom. The highest BCUT2D eigenvalue weighted by atomic mass is 35.5. The van der Waals surface area contributed by atoms with Crippen LogP contribution in [0.15, 0.2) is 12.4 Å². The number of likely N-dealkylation sites (tertiary alicyclic amines) is 1. The molecule has 1 aliphatic rings. The summed E-state index contributed by atoms with van der Waals surface area (Å²) < 4.78 is 0. The number of rotatable bonds is 4. The smallest absolute Gasteiger partial charge is 0.149 e. The van der Waals surface area contributed by atoms with E-state index in [4.69, 9.17) is 16.7 Å². The first-order chi connectivity index (χ1) is 8.28. The monoisotopic (exact) mass is 256 g/mol. The molecule has 0 saturated carbocycles. The molecule has 17 heavy (non-hydrogen) atoms. The van der Waals surface area contributed by atoms with Crippen LogP contribution < -0.4 is 5.32 Å². The Morgan fingerprint density at radius 2 is 2.18 bits per heavy atom. The average Bonchev–Trinajstić information content (AvgIpc) is 2.32. The summed E-state index contributed by atoms with van der Waals surface area (Å²) in [5, 5.41) is 12.6. The van der Waals surface area contributed by atoms with Crippen LogP contribution in [0.2, 0.25) is 5.15 Å². The first kappa shape index (κ1) is 12.5. The van der Waals surface area contributed by atoms with Gasteiger partial charge < -0.3 is 15.3 Å². The first-order valence-electron chi connectivity index (χ1n) is 5.85. The van der Waals surface area contributed by atoms with Crippen molar-refractivity contribution >= 4 is 17.4 Å². The Bertz CT molecular complexity index is 355. The van der Waals surface area contributed by atoms with E-state index < -0.39 is 0 Å². The number of nitrogens with one attached hydrogen (secondary N) is 1. The van der Waals surface area contributed by atoms with E-state index in [1.54, 1.807) is 6.20 Å². The molecule has 1 aliphatic heterocycles. The van der Waals surface area contributed by atoms with Crippen LogP contribution in [0.4, 0.5) is 5.82 Å². The van der Waals surface area contributed by atoms with Gasteiger partial charge in [-0.05, 0) is 12.8 Å². The number of hydrogen-bond donors (Lipinski definition) is 2. The second kappa shape index (κ2) is 6.14. The molecule has 2 N–H and O–H groups in total. The number of β-amino-alcohol motifs (C(OH)–C–C–N with tert-alkyl or cyclic N) is 1. The zero-order chi connectivity index (χ0) is 12.1. The molecule has 2 heterocycles. The number of aliphatic hydroxyl groups excluding tert-OH is 1. The Kier molecular flexibility index (Phi) is 4.53. The SMILES string of the molecule is OCCN1CCC(Nc2cncc(Cl)n2)CC1. The van der Waals surface area contributed by atoms with Crippen molar-refractivity contribution in [1.82, 2.24) is 14.9 Å². The standard InChI is InChI=1S/C11H17ClN4O/c12-10-7-13-8-11(15-10)14-9-1-3-16(4-2-9)5-6-17/h7-9,17H,1-6H2,(H,14,15). The lowest BCUT2D eigenvalue weighted by atomic mass is 10.1. The summed E-state index contributed by atoms with van der Waals surface area (Å²) in [6.45, 7) is 3.01. The minimum Gasteiger partial charge on any atom is -0.395 e. The van der Waals surface area contributed by atoms with Gasteiger partial charge in [-0.1, -0.05) is 11.6 Å². The van der Waals surface area contributed by atoms with Crippen LogP contribution in [0.1, 0.15) is 12.8 Å². The number of hydrogen-bond acceptors (Lipinski definition) is 5. The Labute approximate surface area is 106 Å². The molecular formula is C11H17ClN4O. The van der Waals surface area contributed by atoms with E-state index in [0.29, 0.717) is 11.2 Å². The fraction of sp³-hybridized carbons (Fsp3) is 0.636. The summed E-state index contributed by atoms with van der Waals surface area (Å²) in [6, 6.07) is 0.415. The summed E-state index contributed by atoms with van der Waals surface area (Å²) >= 11 is 5.78. The second-order valence-corrected chi connectivity index (χ2v) is 4.60. The van der Waals surface area contributed by atoms with Crippen molar-refractivity contribution in [2.45, 2.75) is 18.9 Å². The maximum atomic E-state index is 8.86. The molecule has 1 fully saturated rings. The number of aliphatic hydroxyl groups is 1. The molecule has 0 aromatic carbocycles. The Balaban J connectivity index is 1.82. The van der Waals surface area contributed by atoms with Crippen LogP contribution in [-0.4, -0.2) is 52.3 Å². The van der Waals surface area contributed by atoms with Crippen LogP contribution in [0.3, 0.4) is 0 Å². The van der Waals surface area contributed by atoms with E-state index >= 15 is 0 Å². The van der Waals surface area contributed by atoms with E-state index in [-0.39, 0.29) is 6.61 Å². The third kappa shape index (κ3) is 3.80. The summed E-state index contributed by atoms with van der Waals surface area (Å²) in [6.07, 6.45) is 5.31. The minimum atomic E-state index is 0.234. The molecule has 0 bridgehead atoms. The van der Waals surface area contributed by atoms with E-state index in [0.717, 1.165) is 38.3 Å². The van der Waals surface area contributed by atoms with Crippen molar-refractivity contribution in [2.75, 3.05) is 31.6 Å². The molecule has 1 aromatic heterocycles. The van der Waals surface area contributed by atoms with E-state index in [1.165, 1.54) is 6.20 Å². The number of halogens is 1. The second-order valence-electron chi connectivity index (χ2n) is 4.21. The highest BCUT2D eigenvalue weighted by Gasteiger charge is 2.18. The third-order valence-corrected chi connectivity index (χ3v) is 3.14. The van der Waals surface area contributed by atoms with Crippen molar-refractivity contribution in [1.29, 1.82) is 0 Å². The van der Waals surface area contributed by atoms with Gasteiger partial charge in [-0.25, -0.2) is 4.98 Å². The zero-order valence-corrected chi connectivity index (χ0v) is 10.4. The van der Waals surface area contributed by atoms with Crippen molar-refractivity contribution in [3.8, 4) is 0 Å². The molecule has 0 unspecified atom stereocenters. The van der Waals surface area contributed by atoms with Crippen molar-refractivity contribution in [3.63, 3.8) is 0 Å². The van der Waals surface area contributed by atoms with Gasteiger partial charge in [0.05, 0.1) is 19.0 Å². The minimum absolute atomic E-state index is 0.234. The van der Waals surface area contributed by atoms with E-state index in [1.807, 2.05) is 0 Å². The number of piperidine rings is 1. The van der Waals surface area contributed by atoms with Crippen LogP contribution in [0.25, 0.3) is 0 Å². The third-order valence-electron chi connectivity index (χ3n) is 2.96. The van der Waals surface area contributed by atoms with Gasteiger partial charge in [-0.2, -0.15) is 0 Å². The van der Waals surface area contributed by atoms with Gasteiger partial charge in [-0.15, -0.1) is 0 Å². The summed E-state index contributed by atoms with van der Waals surface area (Å²) in [7, 11) is 0. The largest absolute Gasteiger partial charge is 0.395 e. The van der Waals surface area contributed by atoms with Gasteiger partial charge in [0.15, 0.2) is 0 Å². The lowest BCUT2D eigenvalue weighted by molar-refractivity contribution is 0.168. The van der Waals surface area contributed by atoms with Crippen LogP contribution in [0.5, 0.6) is 0 Å². The van der Waals surface area contributed by atoms with Crippen LogP contribution in [0, 0.1) is 0 Å². The molecule has 0 spiro atoms. The lowest BCUT2D eigenvalue weighted by Gasteiger charge is -2.31. The molecule has 0 amide bonds. The fourth-order valence-corrected chi connectivity index (χ4v) is 2.21. The van der Waals surface area contributed by atoms with Crippen molar-refractivity contribution < 1.29 is 5.11 Å². The molecule has 0 radical (unpaired) electrons. The molecule has 2 rings (SSSR count). The highest BCUT2D eigenvalue weighted by Crippen LogP contribution is 2.15. The normalized spacial score (nSPS) is 18.2. The summed E-state index contributed by atoms with van der Waals surface area (Å²) in [4.78, 5) is 10.4. The number of aromatic nitrogens is 2. The zero-order valence-electron chi connectivity index (χ0n) is 9.64. The maximum absolute atomic E-state index is 8.86. The quantitative estimate of drug-likeness (QED) is 0.842. The molecule has 6 heteroatoms. The number of anilines is 1. The van der Waals surface area contributed by atoms with Gasteiger partial charge in [-0.3, -0.25) is 4.98 Å². The predicted molar refractivity (Wildman–Crippen MR) is 67.2 cm³/mol. The molecular weight excluding hydrogens is 240 g/mol. The first-order valence-corrected chi connectivity index (χ1v) is 6.23. The Hall–Kier alpha value is -0.910. The molecule has 94 valence electrons. The highest BCUT2D eigenvalue weighted by molar-refractivity contribution is 6.29. The lowest BCUT2D eigenvalue weighted by Crippen LogP contribution is -2.40. The van der Waals surface area contributed by atoms with Gasteiger partial charge in [0, 0.05) is 25.7 Å². The molecule has 5 nitrogen and oxygen atoms in total. The topological polar surface area (TPSA) is 61.3 Å². The predicted octanol–water partition coefficient (Wildman–Crippen LogP) is 0.999. The molecule has 1 saturated heterocycles. The molecule has 1 aromatic rings. The van der Waals surface area contributed by atoms with Gasteiger partial charge in [0.1, 0.15) is 11.0 Å². The van der Waals surface area contributed by atoms with Crippen LogP contribution in [-0.2, 0) is 0 Å². The van der Waals surface area contributed by atoms with E-state index in [2.05, 4.69) is 20.2 Å². The van der Waals surface area contributed by atoms with Gasteiger partial charge in [0.2, 0.25) is 0 Å². The average molecular weight is 257 g/mol. The van der Waals surface area contributed by atoms with E-state index in [9.17, 15) is 0 Å². The molecule has 0 atom stereocenters. The van der Waals surface area contributed by atoms with Gasteiger partial charge >= 0.3 is 0 Å². The maximum Gasteiger partial charge on any atom is 0.149 e. The fourth-order valence-electron chi connectivity index (χ4n) is 2.06. The number of nitrogens with zero attached hydrogens (tertiary/aromatic N) is 3. The van der Waals surface area contributed by atoms with Crippen LogP contribution >= 0.6 is 11.6 Å². The molecule has 0 aliphatic carbocycles. The Morgan fingerprint density at radius 3 is 2.82 bits per heavy atom. The van der Waals surface area contributed by atoms with Crippen molar-refractivity contribution in [3.05, 3.63) is 17.5 Å². The summed E-state index contributed by atoms with van der Waals surface area (Å²) in [5.74, 6) is 0.734. The van der Waals surface area contributed by atoms with Gasteiger partial charge in [0.25, 0.3) is 0 Å².